The van der Waals surface area contributed by atoms with Crippen molar-refractivity contribution in [2.24, 2.45) is 0 Å². The van der Waals surface area contributed by atoms with Crippen LogP contribution in [0.2, 0.25) is 0 Å². The van der Waals surface area contributed by atoms with Gasteiger partial charge in [0.15, 0.2) is 0 Å². The van der Waals surface area contributed by atoms with Crippen LogP contribution in [0.4, 0.5) is 22.7 Å². The third kappa shape index (κ3) is 6.80. The summed E-state index contributed by atoms with van der Waals surface area (Å²) in [4.78, 5) is 13.8. The second kappa shape index (κ2) is 14.7. The molecule has 8 aromatic rings. The Balaban J connectivity index is 0.00000455. The molecular weight excluding hydrogens is 882 g/mol. The first-order valence-electron chi connectivity index (χ1n) is 19.1. The maximum absolute atomic E-state index is 6.56. The molecular formula is C50H44N5OPt-3. The molecule has 0 amide bonds. The van der Waals surface area contributed by atoms with Crippen molar-refractivity contribution in [2.75, 3.05) is 9.80 Å². The molecule has 0 atom stereocenters. The number of hydrogen-bond donors (Lipinski definition) is 0. The molecule has 0 saturated carbocycles. The fourth-order valence-electron chi connectivity index (χ4n) is 8.43. The SMILES string of the molecule is Cc1cc(C)c(-c2cc(C)c(N3[CH-]N(c4[c-]c(Oc5[c-]c6c(cc5)c5ccccc5n6-c5cc(C(C)(C)C)ccn5)ccc4)c4cnccc43)c(C)c2)c(C)c1.[Pt]. The van der Waals surface area contributed by atoms with E-state index in [2.05, 4.69) is 166 Å². The molecule has 57 heavy (non-hydrogen) atoms. The molecule has 1 aliphatic rings. The van der Waals surface area contributed by atoms with E-state index in [4.69, 9.17) is 9.72 Å². The van der Waals surface area contributed by atoms with E-state index in [1.165, 1.54) is 44.5 Å². The van der Waals surface area contributed by atoms with Gasteiger partial charge in [-0.1, -0.05) is 62.2 Å². The van der Waals surface area contributed by atoms with Crippen LogP contribution in [0, 0.1) is 53.4 Å². The first-order chi connectivity index (χ1) is 26.9. The summed E-state index contributed by atoms with van der Waals surface area (Å²) in [6.07, 6.45) is 5.66. The van der Waals surface area contributed by atoms with Crippen LogP contribution in [-0.4, -0.2) is 14.5 Å². The predicted octanol–water partition coefficient (Wildman–Crippen LogP) is 12.9. The number of hydrogen-bond acceptors (Lipinski definition) is 5. The van der Waals surface area contributed by atoms with E-state index >= 15 is 0 Å². The van der Waals surface area contributed by atoms with Crippen molar-refractivity contribution in [1.29, 1.82) is 0 Å². The molecule has 0 spiro atoms. The number of aryl methyl sites for hydroxylation is 5. The molecule has 0 bridgehead atoms. The number of fused-ring (bicyclic) bond motifs is 4. The van der Waals surface area contributed by atoms with Gasteiger partial charge in [0, 0.05) is 68.0 Å². The summed E-state index contributed by atoms with van der Waals surface area (Å²) in [7, 11) is 0. The van der Waals surface area contributed by atoms with Crippen LogP contribution in [0.3, 0.4) is 0 Å². The van der Waals surface area contributed by atoms with E-state index in [1.54, 1.807) is 0 Å². The predicted molar refractivity (Wildman–Crippen MR) is 230 cm³/mol. The molecule has 0 N–H and O–H groups in total. The average molecular weight is 926 g/mol. The van der Waals surface area contributed by atoms with Crippen molar-refractivity contribution < 1.29 is 25.8 Å². The van der Waals surface area contributed by atoms with E-state index in [0.717, 1.165) is 50.4 Å². The summed E-state index contributed by atoms with van der Waals surface area (Å²) in [5.74, 6) is 2.04. The summed E-state index contributed by atoms with van der Waals surface area (Å²) >= 11 is 0. The summed E-state index contributed by atoms with van der Waals surface area (Å²) in [6, 6.07) is 41.2. The summed E-state index contributed by atoms with van der Waals surface area (Å²) in [6.45, 7) is 19.8. The Bertz CT molecular complexity index is 2790. The second-order valence-electron chi connectivity index (χ2n) is 16.0. The number of pyridine rings is 2. The van der Waals surface area contributed by atoms with Crippen LogP contribution in [-0.2, 0) is 26.5 Å². The Hall–Kier alpha value is -5.71. The van der Waals surface area contributed by atoms with Gasteiger partial charge < -0.3 is 19.1 Å². The van der Waals surface area contributed by atoms with Gasteiger partial charge in [-0.3, -0.25) is 4.98 Å². The minimum atomic E-state index is -0.0158. The molecule has 3 aromatic heterocycles. The van der Waals surface area contributed by atoms with Gasteiger partial charge in [0.05, 0.1) is 5.69 Å². The second-order valence-corrected chi connectivity index (χ2v) is 16.0. The van der Waals surface area contributed by atoms with Crippen LogP contribution in [0.25, 0.3) is 38.8 Å². The number of benzene rings is 5. The number of ether oxygens (including phenoxy) is 1. The van der Waals surface area contributed by atoms with Gasteiger partial charge in [-0.15, -0.1) is 48.1 Å². The van der Waals surface area contributed by atoms with Crippen molar-refractivity contribution in [3.8, 4) is 28.4 Å². The molecule has 7 heteroatoms. The quantitative estimate of drug-likeness (QED) is 0.156. The zero-order valence-corrected chi connectivity index (χ0v) is 35.8. The van der Waals surface area contributed by atoms with Gasteiger partial charge in [0.2, 0.25) is 0 Å². The molecule has 9 rings (SSSR count). The average Bonchev–Trinajstić information content (AvgIpc) is 3.70. The molecule has 0 saturated heterocycles. The van der Waals surface area contributed by atoms with Crippen LogP contribution in [0.1, 0.15) is 54.2 Å². The molecule has 0 unspecified atom stereocenters. The fraction of sp³-hybridized carbons (Fsp3) is 0.180. The van der Waals surface area contributed by atoms with E-state index in [0.29, 0.717) is 11.5 Å². The number of para-hydroxylation sites is 1. The van der Waals surface area contributed by atoms with Crippen molar-refractivity contribution in [3.05, 3.63) is 168 Å². The smallest absolute Gasteiger partial charge is 0.135 e. The third-order valence-corrected chi connectivity index (χ3v) is 10.9. The standard InChI is InChI=1S/C50H44N5O.Pt/c1-31-22-32(2)48(33(3)23-31)36-24-34(4)49(35(5)25-36)54-30-53(46-29-51-20-19-44(46)54)38-12-11-13-39(27-38)56-40-16-17-42-41-14-9-10-15-43(41)55(45(42)28-40)47-26-37(18-21-52-47)50(6,7)8;/h9-26,29-30H,1-8H3;/q-3;. The Kier molecular flexibility index (Phi) is 9.82. The Morgan fingerprint density at radius 3 is 2.16 bits per heavy atom. The zero-order chi connectivity index (χ0) is 38.9. The molecule has 0 fully saturated rings. The minimum absolute atomic E-state index is 0. The van der Waals surface area contributed by atoms with Crippen LogP contribution in [0.15, 0.2) is 116 Å². The van der Waals surface area contributed by atoms with Crippen molar-refractivity contribution in [3.63, 3.8) is 0 Å². The maximum Gasteiger partial charge on any atom is 0.135 e. The van der Waals surface area contributed by atoms with E-state index in [-0.39, 0.29) is 26.5 Å². The van der Waals surface area contributed by atoms with Crippen molar-refractivity contribution >= 4 is 44.6 Å². The van der Waals surface area contributed by atoms with Gasteiger partial charge in [0.1, 0.15) is 5.82 Å². The first-order valence-corrected chi connectivity index (χ1v) is 19.1. The van der Waals surface area contributed by atoms with E-state index in [1.807, 2.05) is 42.9 Å². The third-order valence-electron chi connectivity index (χ3n) is 10.9. The molecule has 1 aliphatic heterocycles. The van der Waals surface area contributed by atoms with Crippen LogP contribution >= 0.6 is 0 Å². The molecule has 0 aliphatic carbocycles. The first kappa shape index (κ1) is 38.2. The van der Waals surface area contributed by atoms with E-state index < -0.39 is 0 Å². The van der Waals surface area contributed by atoms with Gasteiger partial charge in [-0.25, -0.2) is 4.98 Å². The summed E-state index contributed by atoms with van der Waals surface area (Å²) < 4.78 is 8.74. The largest absolute Gasteiger partial charge is 0.509 e. The number of rotatable bonds is 6. The normalized spacial score (nSPS) is 12.6. The topological polar surface area (TPSA) is 46.4 Å². The fourth-order valence-corrected chi connectivity index (χ4v) is 8.43. The number of anilines is 4. The van der Waals surface area contributed by atoms with Gasteiger partial charge in [0.25, 0.3) is 0 Å². The van der Waals surface area contributed by atoms with Crippen LogP contribution in [0.5, 0.6) is 11.5 Å². The zero-order valence-electron chi connectivity index (χ0n) is 33.5. The van der Waals surface area contributed by atoms with Gasteiger partial charge in [-0.05, 0) is 121 Å². The van der Waals surface area contributed by atoms with E-state index in [9.17, 15) is 0 Å². The minimum Gasteiger partial charge on any atom is -0.509 e. The molecule has 6 nitrogen and oxygen atoms in total. The summed E-state index contributed by atoms with van der Waals surface area (Å²) in [5, 5.41) is 2.23. The number of nitrogens with zero attached hydrogens (tertiary/aromatic N) is 5. The molecule has 0 radical (unpaired) electrons. The molecule has 4 heterocycles. The van der Waals surface area contributed by atoms with Crippen molar-refractivity contribution in [2.45, 2.75) is 60.8 Å². The monoisotopic (exact) mass is 925 g/mol. The maximum atomic E-state index is 6.56. The summed E-state index contributed by atoms with van der Waals surface area (Å²) in [5.41, 5.74) is 16.0. The molecule has 5 aromatic carbocycles. The Morgan fingerprint density at radius 1 is 0.667 bits per heavy atom. The van der Waals surface area contributed by atoms with Crippen molar-refractivity contribution in [1.82, 2.24) is 14.5 Å². The Morgan fingerprint density at radius 2 is 1.40 bits per heavy atom. The number of aromatic nitrogens is 3. The van der Waals surface area contributed by atoms with Crippen LogP contribution < -0.4 is 14.5 Å². The van der Waals surface area contributed by atoms with Gasteiger partial charge >= 0.3 is 0 Å². The molecule has 288 valence electrons. The van der Waals surface area contributed by atoms with Gasteiger partial charge in [-0.2, -0.15) is 12.1 Å². The Labute approximate surface area is 350 Å².